The number of hydrogen-bond acceptors (Lipinski definition) is 5. The molecule has 5 heteroatoms. The fourth-order valence-electron chi connectivity index (χ4n) is 2.78. The molecular weight excluding hydrogens is 320 g/mol. The molecule has 0 amide bonds. The third kappa shape index (κ3) is 4.06. The number of carbonyl (C=O) groups excluding carboxylic acids is 2. The van der Waals surface area contributed by atoms with Crippen LogP contribution >= 0.6 is 0 Å². The summed E-state index contributed by atoms with van der Waals surface area (Å²) in [4.78, 5) is 24.0. The zero-order chi connectivity index (χ0) is 17.7. The first kappa shape index (κ1) is 17.2. The third-order valence-electron chi connectivity index (χ3n) is 4.60. The summed E-state index contributed by atoms with van der Waals surface area (Å²) in [7, 11) is 0. The quantitative estimate of drug-likeness (QED) is 0.785. The second-order valence-electron chi connectivity index (χ2n) is 6.33. The molecule has 0 heterocycles. The van der Waals surface area contributed by atoms with E-state index >= 15 is 0 Å². The van der Waals surface area contributed by atoms with Crippen LogP contribution in [0.1, 0.15) is 27.1 Å². The molecule has 2 aromatic carbocycles. The van der Waals surface area contributed by atoms with E-state index in [1.807, 2.05) is 12.1 Å². The number of carbonyl (C=O) groups is 2. The number of rotatable bonds is 7. The van der Waals surface area contributed by atoms with Gasteiger partial charge in [-0.2, -0.15) is 0 Å². The lowest BCUT2D eigenvalue weighted by molar-refractivity contribution is 0.0253. The van der Waals surface area contributed by atoms with Crippen molar-refractivity contribution in [3.63, 3.8) is 0 Å². The minimum absolute atomic E-state index is 0.00580. The van der Waals surface area contributed by atoms with Crippen molar-refractivity contribution < 1.29 is 24.2 Å². The highest BCUT2D eigenvalue weighted by Crippen LogP contribution is 2.52. The van der Waals surface area contributed by atoms with Crippen LogP contribution in [-0.4, -0.2) is 36.9 Å². The minimum Gasteiger partial charge on any atom is -0.462 e. The second-order valence-corrected chi connectivity index (χ2v) is 6.33. The summed E-state index contributed by atoms with van der Waals surface area (Å²) < 4.78 is 10.6. The van der Waals surface area contributed by atoms with Crippen molar-refractivity contribution in [2.24, 2.45) is 11.3 Å². The number of benzene rings is 2. The predicted molar refractivity (Wildman–Crippen MR) is 91.1 cm³/mol. The van der Waals surface area contributed by atoms with Crippen LogP contribution in [0.3, 0.4) is 0 Å². The Hall–Kier alpha value is -2.66. The van der Waals surface area contributed by atoms with Gasteiger partial charge in [-0.05, 0) is 30.7 Å². The van der Waals surface area contributed by atoms with Gasteiger partial charge in [-0.15, -0.1) is 0 Å². The van der Waals surface area contributed by atoms with Gasteiger partial charge < -0.3 is 14.6 Å². The van der Waals surface area contributed by atoms with E-state index in [0.717, 1.165) is 0 Å². The Morgan fingerprint density at radius 2 is 1.44 bits per heavy atom. The number of aliphatic hydroxyl groups excluding tert-OH is 1. The highest BCUT2D eigenvalue weighted by atomic mass is 16.5. The summed E-state index contributed by atoms with van der Waals surface area (Å²) in [6, 6.07) is 17.5. The average Bonchev–Trinajstić information content (AvgIpc) is 3.39. The standard InChI is InChI=1S/C20H20O5/c21-13-20(14-25-19(23)16-9-5-2-6-10-16)11-17(20)12-24-18(22)15-7-3-1-4-8-15/h1-10,17,21H,11-14H2. The van der Waals surface area contributed by atoms with Crippen LogP contribution < -0.4 is 0 Å². The summed E-state index contributed by atoms with van der Waals surface area (Å²) in [6.07, 6.45) is 0.660. The molecule has 130 valence electrons. The summed E-state index contributed by atoms with van der Waals surface area (Å²) in [6.45, 7) is 0.213. The number of esters is 2. The lowest BCUT2D eigenvalue weighted by Gasteiger charge is -2.15. The molecule has 2 atom stereocenters. The molecule has 25 heavy (non-hydrogen) atoms. The van der Waals surface area contributed by atoms with Gasteiger partial charge in [-0.25, -0.2) is 9.59 Å². The lowest BCUT2D eigenvalue weighted by Crippen LogP contribution is -2.22. The molecule has 0 spiro atoms. The van der Waals surface area contributed by atoms with E-state index in [4.69, 9.17) is 9.47 Å². The van der Waals surface area contributed by atoms with Crippen LogP contribution in [0, 0.1) is 11.3 Å². The Balaban J connectivity index is 1.49. The second kappa shape index (κ2) is 7.49. The lowest BCUT2D eigenvalue weighted by atomic mass is 10.1. The monoisotopic (exact) mass is 340 g/mol. The fourth-order valence-corrected chi connectivity index (χ4v) is 2.78. The molecule has 2 unspecified atom stereocenters. The van der Waals surface area contributed by atoms with Crippen molar-refractivity contribution in [1.82, 2.24) is 0 Å². The predicted octanol–water partition coefficient (Wildman–Crippen LogP) is 2.70. The van der Waals surface area contributed by atoms with E-state index < -0.39 is 11.4 Å². The maximum Gasteiger partial charge on any atom is 0.338 e. The van der Waals surface area contributed by atoms with E-state index in [1.165, 1.54) is 0 Å². The van der Waals surface area contributed by atoms with E-state index in [-0.39, 0.29) is 31.7 Å². The van der Waals surface area contributed by atoms with Crippen molar-refractivity contribution in [2.45, 2.75) is 6.42 Å². The van der Waals surface area contributed by atoms with E-state index in [0.29, 0.717) is 17.5 Å². The van der Waals surface area contributed by atoms with Crippen LogP contribution in [0.15, 0.2) is 60.7 Å². The number of ether oxygens (including phenoxy) is 2. The Labute approximate surface area is 146 Å². The summed E-state index contributed by atoms with van der Waals surface area (Å²) in [5.41, 5.74) is 0.457. The highest BCUT2D eigenvalue weighted by molar-refractivity contribution is 5.89. The molecule has 1 saturated carbocycles. The Morgan fingerprint density at radius 3 is 1.96 bits per heavy atom. The van der Waals surface area contributed by atoms with Crippen LogP contribution in [0.5, 0.6) is 0 Å². The van der Waals surface area contributed by atoms with E-state index in [2.05, 4.69) is 0 Å². The Morgan fingerprint density at radius 1 is 0.920 bits per heavy atom. The highest BCUT2D eigenvalue weighted by Gasteiger charge is 2.55. The van der Waals surface area contributed by atoms with Gasteiger partial charge >= 0.3 is 11.9 Å². The van der Waals surface area contributed by atoms with Gasteiger partial charge in [0.1, 0.15) is 0 Å². The van der Waals surface area contributed by atoms with Crippen LogP contribution in [0.25, 0.3) is 0 Å². The zero-order valence-corrected chi connectivity index (χ0v) is 13.8. The molecule has 1 aliphatic rings. The maximum atomic E-state index is 12.0. The minimum atomic E-state index is -0.512. The Bertz CT molecular complexity index is 728. The first-order chi connectivity index (χ1) is 12.1. The maximum absolute atomic E-state index is 12.0. The summed E-state index contributed by atoms with van der Waals surface area (Å²) in [5, 5.41) is 9.66. The smallest absolute Gasteiger partial charge is 0.338 e. The molecule has 0 radical (unpaired) electrons. The van der Waals surface area contributed by atoms with Crippen LogP contribution in [0.4, 0.5) is 0 Å². The Kier molecular flexibility index (Phi) is 5.14. The number of hydrogen-bond donors (Lipinski definition) is 1. The van der Waals surface area contributed by atoms with E-state index in [1.54, 1.807) is 48.5 Å². The van der Waals surface area contributed by atoms with Gasteiger partial charge in [0, 0.05) is 11.3 Å². The first-order valence-corrected chi connectivity index (χ1v) is 8.20. The van der Waals surface area contributed by atoms with Crippen molar-refractivity contribution in [2.75, 3.05) is 19.8 Å². The molecule has 1 aliphatic carbocycles. The van der Waals surface area contributed by atoms with Crippen molar-refractivity contribution in [3.05, 3.63) is 71.8 Å². The van der Waals surface area contributed by atoms with Gasteiger partial charge in [-0.1, -0.05) is 36.4 Å². The topological polar surface area (TPSA) is 72.8 Å². The molecule has 0 saturated heterocycles. The molecule has 1 N–H and O–H groups in total. The molecule has 5 nitrogen and oxygen atoms in total. The van der Waals surface area contributed by atoms with Gasteiger partial charge in [0.25, 0.3) is 0 Å². The molecule has 0 aliphatic heterocycles. The SMILES string of the molecule is O=C(OCC1CC1(CO)COC(=O)c1ccccc1)c1ccccc1. The largest absolute Gasteiger partial charge is 0.462 e. The van der Waals surface area contributed by atoms with Gasteiger partial charge in [-0.3, -0.25) is 0 Å². The van der Waals surface area contributed by atoms with Gasteiger partial charge in [0.15, 0.2) is 0 Å². The fraction of sp³-hybridized carbons (Fsp3) is 0.300. The molecule has 2 aromatic rings. The zero-order valence-electron chi connectivity index (χ0n) is 13.8. The molecule has 1 fully saturated rings. The van der Waals surface area contributed by atoms with Crippen molar-refractivity contribution >= 4 is 11.9 Å². The van der Waals surface area contributed by atoms with Gasteiger partial charge in [0.05, 0.1) is 30.9 Å². The van der Waals surface area contributed by atoms with Crippen molar-refractivity contribution in [1.29, 1.82) is 0 Å². The van der Waals surface area contributed by atoms with E-state index in [9.17, 15) is 14.7 Å². The van der Waals surface area contributed by atoms with Crippen LogP contribution in [0.2, 0.25) is 0 Å². The molecule has 0 aromatic heterocycles. The average molecular weight is 340 g/mol. The number of aliphatic hydroxyl groups is 1. The molecule has 0 bridgehead atoms. The van der Waals surface area contributed by atoms with Gasteiger partial charge in [0.2, 0.25) is 0 Å². The normalized spacial score (nSPS) is 21.4. The molecule has 3 rings (SSSR count). The van der Waals surface area contributed by atoms with Crippen molar-refractivity contribution in [3.8, 4) is 0 Å². The molecular formula is C20H20O5. The first-order valence-electron chi connectivity index (χ1n) is 8.20. The summed E-state index contributed by atoms with van der Waals surface area (Å²) in [5.74, 6) is -0.810. The van der Waals surface area contributed by atoms with Crippen LogP contribution in [-0.2, 0) is 9.47 Å². The third-order valence-corrected chi connectivity index (χ3v) is 4.60. The summed E-state index contributed by atoms with van der Waals surface area (Å²) >= 11 is 0.